The molecule has 2 aliphatic rings. The number of benzene rings is 1. The van der Waals surface area contributed by atoms with E-state index in [1.54, 1.807) is 0 Å². The molecule has 1 aromatic carbocycles. The van der Waals surface area contributed by atoms with E-state index in [0.29, 0.717) is 10.6 Å². The summed E-state index contributed by atoms with van der Waals surface area (Å²) in [6.45, 7) is 6.20. The number of carbonyl (C=O) groups is 2. The zero-order valence-electron chi connectivity index (χ0n) is 17.1. The molecular formula is C22H27ClN4O2S. The highest BCUT2D eigenvalue weighted by Crippen LogP contribution is 2.39. The SMILES string of the molecule is CC(C(=O)Nc1sc2c(c1C(N)=O)CCC2)N1CCN(Cc2cccc(Cl)c2)CC1. The molecular weight excluding hydrogens is 420 g/mol. The highest BCUT2D eigenvalue weighted by Gasteiger charge is 2.29. The number of hydrogen-bond donors (Lipinski definition) is 2. The van der Waals surface area contributed by atoms with E-state index in [2.05, 4.69) is 21.2 Å². The second-order valence-corrected chi connectivity index (χ2v) is 9.57. The van der Waals surface area contributed by atoms with E-state index in [-0.39, 0.29) is 11.9 Å². The number of piperazine rings is 1. The highest BCUT2D eigenvalue weighted by molar-refractivity contribution is 7.17. The van der Waals surface area contributed by atoms with Gasteiger partial charge in [0.25, 0.3) is 5.91 Å². The minimum absolute atomic E-state index is 0.0827. The van der Waals surface area contributed by atoms with Crippen molar-refractivity contribution in [2.24, 2.45) is 5.73 Å². The van der Waals surface area contributed by atoms with Crippen molar-refractivity contribution in [1.29, 1.82) is 0 Å². The van der Waals surface area contributed by atoms with E-state index in [1.807, 2.05) is 25.1 Å². The van der Waals surface area contributed by atoms with Crippen LogP contribution in [0.5, 0.6) is 0 Å². The summed E-state index contributed by atoms with van der Waals surface area (Å²) in [7, 11) is 0. The van der Waals surface area contributed by atoms with Crippen LogP contribution in [0.3, 0.4) is 0 Å². The Hall–Kier alpha value is -1.93. The number of nitrogens with two attached hydrogens (primary N) is 1. The molecule has 2 amide bonds. The molecule has 0 bridgehead atoms. The fourth-order valence-corrected chi connectivity index (χ4v) is 5.85. The van der Waals surface area contributed by atoms with Gasteiger partial charge in [0.1, 0.15) is 5.00 Å². The van der Waals surface area contributed by atoms with Crippen LogP contribution in [0.25, 0.3) is 0 Å². The van der Waals surface area contributed by atoms with Crippen molar-refractivity contribution in [3.8, 4) is 0 Å². The summed E-state index contributed by atoms with van der Waals surface area (Å²) >= 11 is 7.59. The summed E-state index contributed by atoms with van der Waals surface area (Å²) in [4.78, 5) is 30.6. The number of anilines is 1. The molecule has 2 heterocycles. The number of halogens is 1. The van der Waals surface area contributed by atoms with E-state index < -0.39 is 5.91 Å². The van der Waals surface area contributed by atoms with E-state index in [0.717, 1.165) is 62.6 Å². The molecule has 160 valence electrons. The number of fused-ring (bicyclic) bond motifs is 1. The van der Waals surface area contributed by atoms with Crippen molar-refractivity contribution in [2.75, 3.05) is 31.5 Å². The van der Waals surface area contributed by atoms with Gasteiger partial charge in [-0.1, -0.05) is 23.7 Å². The number of hydrogen-bond acceptors (Lipinski definition) is 5. The average Bonchev–Trinajstić information content (AvgIpc) is 3.28. The molecule has 1 aliphatic heterocycles. The summed E-state index contributed by atoms with van der Waals surface area (Å²) in [5.41, 5.74) is 8.35. The Labute approximate surface area is 186 Å². The van der Waals surface area contributed by atoms with Crippen LogP contribution in [0.15, 0.2) is 24.3 Å². The van der Waals surface area contributed by atoms with E-state index >= 15 is 0 Å². The Morgan fingerprint density at radius 2 is 2.00 bits per heavy atom. The minimum Gasteiger partial charge on any atom is -0.365 e. The normalized spacial score (nSPS) is 18.2. The largest absolute Gasteiger partial charge is 0.365 e. The molecule has 1 atom stereocenters. The molecule has 1 fully saturated rings. The second-order valence-electron chi connectivity index (χ2n) is 8.03. The standard InChI is InChI=1S/C22H27ClN4O2S/c1-14(21(29)25-22-19(20(24)28)17-6-3-7-18(17)30-22)27-10-8-26(9-11-27)13-15-4-2-5-16(23)12-15/h2,4-5,12,14H,3,6-11,13H2,1H3,(H2,24,28)(H,25,29). The quantitative estimate of drug-likeness (QED) is 0.714. The third-order valence-corrected chi connectivity index (χ3v) is 7.48. The summed E-state index contributed by atoms with van der Waals surface area (Å²) in [6, 6.07) is 7.67. The first-order valence-electron chi connectivity index (χ1n) is 10.4. The van der Waals surface area contributed by atoms with Crippen molar-refractivity contribution in [3.05, 3.63) is 50.9 Å². The predicted octanol–water partition coefficient (Wildman–Crippen LogP) is 3.13. The van der Waals surface area contributed by atoms with Crippen molar-refractivity contribution < 1.29 is 9.59 Å². The lowest BCUT2D eigenvalue weighted by Crippen LogP contribution is -2.52. The molecule has 0 radical (unpaired) electrons. The van der Waals surface area contributed by atoms with Crippen LogP contribution in [-0.4, -0.2) is 53.8 Å². The third-order valence-electron chi connectivity index (χ3n) is 6.03. The van der Waals surface area contributed by atoms with Gasteiger partial charge in [-0.3, -0.25) is 19.4 Å². The van der Waals surface area contributed by atoms with Gasteiger partial charge >= 0.3 is 0 Å². The number of carbonyl (C=O) groups excluding carboxylic acids is 2. The fraction of sp³-hybridized carbons (Fsp3) is 0.455. The van der Waals surface area contributed by atoms with Crippen LogP contribution in [0.1, 0.15) is 39.7 Å². The van der Waals surface area contributed by atoms with Gasteiger partial charge in [0.05, 0.1) is 11.6 Å². The topological polar surface area (TPSA) is 78.7 Å². The number of nitrogens with zero attached hydrogens (tertiary/aromatic N) is 2. The Bertz CT molecular complexity index is 953. The van der Waals surface area contributed by atoms with Crippen molar-refractivity contribution in [2.45, 2.75) is 38.8 Å². The molecule has 1 aliphatic carbocycles. The fourth-order valence-electron chi connectivity index (χ4n) is 4.34. The number of thiophene rings is 1. The van der Waals surface area contributed by atoms with Crippen molar-refractivity contribution in [1.82, 2.24) is 9.80 Å². The maximum atomic E-state index is 12.9. The maximum absolute atomic E-state index is 12.9. The van der Waals surface area contributed by atoms with Crippen LogP contribution in [0.2, 0.25) is 5.02 Å². The van der Waals surface area contributed by atoms with E-state index in [9.17, 15) is 9.59 Å². The van der Waals surface area contributed by atoms with Crippen LogP contribution in [0, 0.1) is 0 Å². The molecule has 0 saturated carbocycles. The number of aryl methyl sites for hydroxylation is 1. The summed E-state index contributed by atoms with van der Waals surface area (Å²) < 4.78 is 0. The van der Waals surface area contributed by atoms with Gasteiger partial charge in [-0.2, -0.15) is 0 Å². The molecule has 4 rings (SSSR count). The first-order valence-corrected chi connectivity index (χ1v) is 11.6. The van der Waals surface area contributed by atoms with Crippen molar-refractivity contribution >= 4 is 39.8 Å². The molecule has 0 spiro atoms. The Morgan fingerprint density at radius 1 is 1.23 bits per heavy atom. The van der Waals surface area contributed by atoms with Crippen LogP contribution >= 0.6 is 22.9 Å². The molecule has 2 aromatic rings. The van der Waals surface area contributed by atoms with Crippen molar-refractivity contribution in [3.63, 3.8) is 0 Å². The predicted molar refractivity (Wildman–Crippen MR) is 121 cm³/mol. The number of rotatable bonds is 6. The maximum Gasteiger partial charge on any atom is 0.251 e. The minimum atomic E-state index is -0.452. The number of nitrogens with one attached hydrogen (secondary N) is 1. The van der Waals surface area contributed by atoms with Gasteiger partial charge in [0, 0.05) is 42.6 Å². The van der Waals surface area contributed by atoms with Crippen LogP contribution < -0.4 is 11.1 Å². The van der Waals surface area contributed by atoms with Gasteiger partial charge in [0.2, 0.25) is 5.91 Å². The molecule has 8 heteroatoms. The van der Waals surface area contributed by atoms with Gasteiger partial charge in [-0.05, 0) is 49.4 Å². The smallest absolute Gasteiger partial charge is 0.251 e. The van der Waals surface area contributed by atoms with E-state index in [1.165, 1.54) is 21.8 Å². The molecule has 6 nitrogen and oxygen atoms in total. The monoisotopic (exact) mass is 446 g/mol. The lowest BCUT2D eigenvalue weighted by molar-refractivity contribution is -0.121. The van der Waals surface area contributed by atoms with Crippen LogP contribution in [-0.2, 0) is 24.2 Å². The summed E-state index contributed by atoms with van der Waals surface area (Å²) in [5, 5.41) is 4.35. The van der Waals surface area contributed by atoms with Gasteiger partial charge in [0.15, 0.2) is 0 Å². The first-order chi connectivity index (χ1) is 14.4. The summed E-state index contributed by atoms with van der Waals surface area (Å²) in [6.07, 6.45) is 2.87. The Morgan fingerprint density at radius 3 is 2.70 bits per heavy atom. The van der Waals surface area contributed by atoms with Crippen LogP contribution in [0.4, 0.5) is 5.00 Å². The highest BCUT2D eigenvalue weighted by atomic mass is 35.5. The lowest BCUT2D eigenvalue weighted by atomic mass is 10.1. The molecule has 1 unspecified atom stereocenters. The molecule has 1 aromatic heterocycles. The van der Waals surface area contributed by atoms with Gasteiger partial charge in [-0.15, -0.1) is 11.3 Å². The lowest BCUT2D eigenvalue weighted by Gasteiger charge is -2.37. The second kappa shape index (κ2) is 9.06. The average molecular weight is 447 g/mol. The Balaban J connectivity index is 1.34. The van der Waals surface area contributed by atoms with E-state index in [4.69, 9.17) is 17.3 Å². The number of primary amides is 1. The third kappa shape index (κ3) is 4.54. The van der Waals surface area contributed by atoms with Gasteiger partial charge in [-0.25, -0.2) is 0 Å². The first kappa shape index (κ1) is 21.3. The summed E-state index contributed by atoms with van der Waals surface area (Å²) in [5.74, 6) is -0.535. The molecule has 1 saturated heterocycles. The van der Waals surface area contributed by atoms with Gasteiger partial charge < -0.3 is 11.1 Å². The zero-order valence-corrected chi connectivity index (χ0v) is 18.7. The zero-order chi connectivity index (χ0) is 21.3. The molecule has 3 N–H and O–H groups in total. The Kier molecular flexibility index (Phi) is 6.43. The number of amides is 2. The molecule has 30 heavy (non-hydrogen) atoms.